The summed E-state index contributed by atoms with van der Waals surface area (Å²) in [4.78, 5) is 7.86. The second-order valence-electron chi connectivity index (χ2n) is 5.36. The summed E-state index contributed by atoms with van der Waals surface area (Å²) in [6, 6.07) is 2.31. The molecule has 0 aliphatic rings. The second-order valence-corrected chi connectivity index (χ2v) is 6.22. The van der Waals surface area contributed by atoms with Crippen molar-refractivity contribution in [3.8, 4) is 11.6 Å². The Morgan fingerprint density at radius 2 is 2.19 bits per heavy atom. The monoisotopic (exact) mass is 401 g/mol. The van der Waals surface area contributed by atoms with Crippen LogP contribution in [0.3, 0.4) is 0 Å². The normalized spacial score (nSPS) is 12.8. The van der Waals surface area contributed by atoms with E-state index in [-0.39, 0.29) is 28.3 Å². The molecule has 0 aliphatic heterocycles. The molecule has 144 valence electrons. The van der Waals surface area contributed by atoms with Crippen LogP contribution in [0.4, 0.5) is 24.1 Å². The molecule has 3 N–H and O–H groups in total. The van der Waals surface area contributed by atoms with E-state index >= 15 is 0 Å². The van der Waals surface area contributed by atoms with Crippen LogP contribution in [0.5, 0.6) is 11.6 Å². The number of aliphatic hydroxyl groups is 2. The SMILES string of the molecule is Cn1nccc1Oc1cc(C(F)(F)F)cnc1Nc1nc(C(O)CO)cs1. The smallest absolute Gasteiger partial charge is 0.418 e. The zero-order chi connectivity index (χ0) is 19.6. The lowest BCUT2D eigenvalue weighted by Crippen LogP contribution is -2.08. The summed E-state index contributed by atoms with van der Waals surface area (Å²) < 4.78 is 45.9. The molecule has 3 heterocycles. The van der Waals surface area contributed by atoms with Gasteiger partial charge >= 0.3 is 6.18 Å². The van der Waals surface area contributed by atoms with Crippen molar-refractivity contribution in [3.05, 3.63) is 41.2 Å². The highest BCUT2D eigenvalue weighted by Crippen LogP contribution is 2.37. The first kappa shape index (κ1) is 19.1. The molecule has 0 saturated carbocycles. The van der Waals surface area contributed by atoms with Crippen LogP contribution in [0.1, 0.15) is 17.4 Å². The highest BCUT2D eigenvalue weighted by molar-refractivity contribution is 7.13. The number of rotatable bonds is 6. The van der Waals surface area contributed by atoms with Crippen LogP contribution in [-0.4, -0.2) is 36.6 Å². The topological polar surface area (TPSA) is 105 Å². The predicted octanol–water partition coefficient (Wildman–Crippen LogP) is 2.85. The number of thiazole rings is 1. The quantitative estimate of drug-likeness (QED) is 0.583. The van der Waals surface area contributed by atoms with Gasteiger partial charge in [-0.3, -0.25) is 0 Å². The van der Waals surface area contributed by atoms with Crippen molar-refractivity contribution in [2.24, 2.45) is 7.05 Å². The lowest BCUT2D eigenvalue weighted by atomic mass is 10.2. The van der Waals surface area contributed by atoms with Crippen molar-refractivity contribution in [3.63, 3.8) is 0 Å². The molecular formula is C15H14F3N5O3S. The zero-order valence-corrected chi connectivity index (χ0v) is 14.6. The first-order valence-corrected chi connectivity index (χ1v) is 8.40. The number of halogens is 3. The summed E-state index contributed by atoms with van der Waals surface area (Å²) >= 11 is 1.09. The van der Waals surface area contributed by atoms with E-state index in [1.165, 1.54) is 22.3 Å². The largest absolute Gasteiger partial charge is 0.435 e. The average Bonchev–Trinajstić information content (AvgIpc) is 3.24. The number of nitrogens with one attached hydrogen (secondary N) is 1. The van der Waals surface area contributed by atoms with Crippen molar-refractivity contribution < 1.29 is 28.1 Å². The molecule has 12 heteroatoms. The van der Waals surface area contributed by atoms with Crippen LogP contribution in [0.25, 0.3) is 0 Å². The number of hydrogen-bond donors (Lipinski definition) is 3. The van der Waals surface area contributed by atoms with Gasteiger partial charge in [0.05, 0.1) is 24.1 Å². The lowest BCUT2D eigenvalue weighted by Gasteiger charge is -2.13. The van der Waals surface area contributed by atoms with Crippen LogP contribution in [-0.2, 0) is 13.2 Å². The van der Waals surface area contributed by atoms with Gasteiger partial charge in [-0.15, -0.1) is 11.3 Å². The Balaban J connectivity index is 1.93. The van der Waals surface area contributed by atoms with Crippen LogP contribution in [0.2, 0.25) is 0 Å². The third-order valence-corrected chi connectivity index (χ3v) is 4.21. The Kier molecular flexibility index (Phi) is 5.30. The third kappa shape index (κ3) is 4.35. The Morgan fingerprint density at radius 1 is 1.41 bits per heavy atom. The van der Waals surface area contributed by atoms with Gasteiger partial charge in [-0.2, -0.15) is 18.3 Å². The Hall–Kier alpha value is -2.70. The number of aryl methyl sites for hydroxylation is 1. The van der Waals surface area contributed by atoms with Crippen molar-refractivity contribution >= 4 is 22.3 Å². The number of anilines is 2. The minimum absolute atomic E-state index is 0.00332. The number of pyridine rings is 1. The highest BCUT2D eigenvalue weighted by atomic mass is 32.1. The minimum atomic E-state index is -4.59. The van der Waals surface area contributed by atoms with Gasteiger partial charge in [-0.05, 0) is 6.07 Å². The Morgan fingerprint density at radius 3 is 2.81 bits per heavy atom. The van der Waals surface area contributed by atoms with Crippen molar-refractivity contribution in [2.45, 2.75) is 12.3 Å². The average molecular weight is 401 g/mol. The molecule has 1 unspecified atom stereocenters. The van der Waals surface area contributed by atoms with Crippen molar-refractivity contribution in [1.82, 2.24) is 19.7 Å². The molecule has 0 radical (unpaired) electrons. The van der Waals surface area contributed by atoms with Crippen molar-refractivity contribution in [1.29, 1.82) is 0 Å². The molecule has 0 aliphatic carbocycles. The van der Waals surface area contributed by atoms with Crippen molar-refractivity contribution in [2.75, 3.05) is 11.9 Å². The molecule has 0 saturated heterocycles. The molecule has 8 nitrogen and oxygen atoms in total. The van der Waals surface area contributed by atoms with E-state index in [1.54, 1.807) is 7.05 Å². The summed E-state index contributed by atoms with van der Waals surface area (Å²) in [5, 5.41) is 27.0. The predicted molar refractivity (Wildman–Crippen MR) is 90.0 cm³/mol. The maximum absolute atomic E-state index is 13.0. The number of alkyl halides is 3. The minimum Gasteiger partial charge on any atom is -0.435 e. The third-order valence-electron chi connectivity index (χ3n) is 3.43. The fraction of sp³-hybridized carbons (Fsp3) is 0.267. The molecule has 3 rings (SSSR count). The molecule has 0 amide bonds. The van der Waals surface area contributed by atoms with E-state index in [9.17, 15) is 18.3 Å². The number of ether oxygens (including phenoxy) is 1. The maximum Gasteiger partial charge on any atom is 0.418 e. The van der Waals surface area contributed by atoms with E-state index in [4.69, 9.17) is 9.84 Å². The fourth-order valence-corrected chi connectivity index (χ4v) is 2.79. The number of aliphatic hydroxyl groups excluding tert-OH is 2. The van der Waals surface area contributed by atoms with E-state index in [0.717, 1.165) is 17.4 Å². The summed E-state index contributed by atoms with van der Waals surface area (Å²) in [6.45, 7) is -0.503. The summed E-state index contributed by atoms with van der Waals surface area (Å²) in [7, 11) is 1.58. The van der Waals surface area contributed by atoms with E-state index in [1.807, 2.05) is 0 Å². The first-order valence-electron chi connectivity index (χ1n) is 7.52. The maximum atomic E-state index is 13.0. The summed E-state index contributed by atoms with van der Waals surface area (Å²) in [5.74, 6) is 0.0474. The zero-order valence-electron chi connectivity index (χ0n) is 13.8. The van der Waals surface area contributed by atoms with Crippen LogP contribution >= 0.6 is 11.3 Å². The van der Waals surface area contributed by atoms with Gasteiger partial charge in [0.2, 0.25) is 5.88 Å². The van der Waals surface area contributed by atoms with Gasteiger partial charge in [0.1, 0.15) is 6.10 Å². The van der Waals surface area contributed by atoms with Crippen LogP contribution in [0, 0.1) is 0 Å². The molecule has 0 aromatic carbocycles. The standard InChI is InChI=1S/C15H14F3N5O3S/c1-23-12(2-3-20-23)26-11-4-8(15(16,17)18)5-19-13(11)22-14-21-9(7-27-14)10(25)6-24/h2-5,7,10,24-25H,6H2,1H3,(H,19,21,22). The molecule has 0 bridgehead atoms. The van der Waals surface area contributed by atoms with Gasteiger partial charge in [-0.1, -0.05) is 0 Å². The van der Waals surface area contributed by atoms with Crippen LogP contribution in [0.15, 0.2) is 29.9 Å². The van der Waals surface area contributed by atoms with E-state index in [0.29, 0.717) is 6.20 Å². The van der Waals surface area contributed by atoms with Crippen LogP contribution < -0.4 is 10.1 Å². The van der Waals surface area contributed by atoms with Gasteiger partial charge in [0.25, 0.3) is 0 Å². The Labute approximate surface area is 154 Å². The Bertz CT molecular complexity index is 928. The molecule has 3 aromatic heterocycles. The summed E-state index contributed by atoms with van der Waals surface area (Å²) in [5.41, 5.74) is -0.744. The first-order chi connectivity index (χ1) is 12.8. The number of nitrogens with zero attached hydrogens (tertiary/aromatic N) is 4. The number of aromatic nitrogens is 4. The van der Waals surface area contributed by atoms with Gasteiger partial charge in [0, 0.05) is 24.7 Å². The van der Waals surface area contributed by atoms with Gasteiger partial charge < -0.3 is 20.3 Å². The molecule has 0 fully saturated rings. The molecular weight excluding hydrogens is 387 g/mol. The fourth-order valence-electron chi connectivity index (χ4n) is 2.04. The molecule has 27 heavy (non-hydrogen) atoms. The highest BCUT2D eigenvalue weighted by Gasteiger charge is 2.32. The summed E-state index contributed by atoms with van der Waals surface area (Å²) in [6.07, 6.45) is -3.62. The molecule has 3 aromatic rings. The number of hydrogen-bond acceptors (Lipinski definition) is 8. The second kappa shape index (κ2) is 7.50. The lowest BCUT2D eigenvalue weighted by molar-refractivity contribution is -0.137. The van der Waals surface area contributed by atoms with Gasteiger partial charge in [0.15, 0.2) is 16.7 Å². The molecule has 1 atom stereocenters. The van der Waals surface area contributed by atoms with E-state index in [2.05, 4.69) is 20.4 Å². The molecule has 0 spiro atoms. The van der Waals surface area contributed by atoms with E-state index < -0.39 is 24.5 Å². The van der Waals surface area contributed by atoms with Gasteiger partial charge in [-0.25, -0.2) is 14.6 Å².